The van der Waals surface area contributed by atoms with Crippen molar-refractivity contribution in [2.24, 2.45) is 0 Å². The van der Waals surface area contributed by atoms with Gasteiger partial charge >= 0.3 is 0 Å². The average molecular weight is 395 g/mol. The van der Waals surface area contributed by atoms with Crippen molar-refractivity contribution in [3.8, 4) is 5.75 Å². The summed E-state index contributed by atoms with van der Waals surface area (Å²) in [6.07, 6.45) is 6.84. The lowest BCUT2D eigenvalue weighted by atomic mass is 9.91. The Bertz CT molecular complexity index is 883. The molecule has 0 radical (unpaired) electrons. The Kier molecular flexibility index (Phi) is 6.00. The molecule has 1 aromatic heterocycles. The Hall–Kier alpha value is -2.60. The van der Waals surface area contributed by atoms with Crippen LogP contribution in [-0.4, -0.2) is 46.8 Å². The molecule has 0 spiro atoms. The first kappa shape index (κ1) is 19.7. The molecule has 1 amide bonds. The second-order valence-corrected chi connectivity index (χ2v) is 7.92. The first-order chi connectivity index (χ1) is 14.2. The van der Waals surface area contributed by atoms with E-state index in [1.165, 1.54) is 11.3 Å². The van der Waals surface area contributed by atoms with Gasteiger partial charge in [0.2, 0.25) is 0 Å². The molecule has 29 heavy (non-hydrogen) atoms. The van der Waals surface area contributed by atoms with Crippen molar-refractivity contribution < 1.29 is 9.53 Å². The molecule has 6 heteroatoms. The highest BCUT2D eigenvalue weighted by Crippen LogP contribution is 2.27. The molecule has 1 atom stereocenters. The Morgan fingerprint density at radius 1 is 1.38 bits per heavy atom. The molecule has 0 bridgehead atoms. The lowest BCUT2D eigenvalue weighted by molar-refractivity contribution is 0.0785. The van der Waals surface area contributed by atoms with Crippen LogP contribution in [-0.2, 0) is 25.9 Å². The maximum atomic E-state index is 13.1. The topological polar surface area (TPSA) is 59.4 Å². The van der Waals surface area contributed by atoms with Gasteiger partial charge < -0.3 is 15.0 Å². The average Bonchev–Trinajstić information content (AvgIpc) is 3.41. The van der Waals surface area contributed by atoms with Gasteiger partial charge in [-0.25, -0.2) is 0 Å². The summed E-state index contributed by atoms with van der Waals surface area (Å²) < 4.78 is 7.30. The maximum Gasteiger partial charge on any atom is 0.274 e. The molecule has 6 nitrogen and oxygen atoms in total. The molecular weight excluding hydrogens is 364 g/mol. The highest BCUT2D eigenvalue weighted by Gasteiger charge is 2.31. The maximum absolute atomic E-state index is 13.1. The number of hydrogen-bond donors (Lipinski definition) is 1. The number of rotatable bonds is 7. The van der Waals surface area contributed by atoms with Crippen LogP contribution in [0.5, 0.6) is 5.75 Å². The number of methoxy groups -OCH3 is 1. The van der Waals surface area contributed by atoms with Gasteiger partial charge in [0.1, 0.15) is 5.75 Å². The van der Waals surface area contributed by atoms with Gasteiger partial charge in [-0.2, -0.15) is 5.10 Å². The number of amides is 1. The Morgan fingerprint density at radius 3 is 2.97 bits per heavy atom. The van der Waals surface area contributed by atoms with E-state index in [0.29, 0.717) is 18.3 Å². The standard InChI is InChI=1S/C23H30N4O2/c1-3-11-27-21-10-9-18(24-16-17-7-6-8-19(14-17)29-2)15-20(21)22(25-27)23(28)26-12-4-5-13-26/h3,6-8,14,18,24H,1,4-5,9-13,15-16H2,2H3. The van der Waals surface area contributed by atoms with Crippen molar-refractivity contribution in [3.05, 3.63) is 59.4 Å². The molecular formula is C23H30N4O2. The lowest BCUT2D eigenvalue weighted by Gasteiger charge is -2.25. The zero-order chi connectivity index (χ0) is 20.2. The summed E-state index contributed by atoms with van der Waals surface area (Å²) in [5, 5.41) is 8.38. The molecule has 154 valence electrons. The molecule has 1 aliphatic carbocycles. The number of ether oxygens (including phenoxy) is 1. The Balaban J connectivity index is 1.50. The van der Waals surface area contributed by atoms with Crippen LogP contribution in [0, 0.1) is 0 Å². The van der Waals surface area contributed by atoms with Crippen LogP contribution < -0.4 is 10.1 Å². The van der Waals surface area contributed by atoms with E-state index in [0.717, 1.165) is 63.1 Å². The number of allylic oxidation sites excluding steroid dienone is 1. The zero-order valence-electron chi connectivity index (χ0n) is 17.2. The van der Waals surface area contributed by atoms with Gasteiger partial charge in [0.15, 0.2) is 5.69 Å². The van der Waals surface area contributed by atoms with Crippen LogP contribution in [0.1, 0.15) is 46.6 Å². The Labute approximate surface area is 172 Å². The van der Waals surface area contributed by atoms with E-state index < -0.39 is 0 Å². The molecule has 0 saturated carbocycles. The molecule has 1 unspecified atom stereocenters. The van der Waals surface area contributed by atoms with Crippen LogP contribution >= 0.6 is 0 Å². The second kappa shape index (κ2) is 8.82. The molecule has 2 aliphatic rings. The van der Waals surface area contributed by atoms with E-state index in [9.17, 15) is 4.79 Å². The fourth-order valence-corrected chi connectivity index (χ4v) is 4.42. The minimum Gasteiger partial charge on any atom is -0.497 e. The Morgan fingerprint density at radius 2 is 2.21 bits per heavy atom. The van der Waals surface area contributed by atoms with E-state index in [1.54, 1.807) is 7.11 Å². The third kappa shape index (κ3) is 4.22. The second-order valence-electron chi connectivity index (χ2n) is 7.92. The van der Waals surface area contributed by atoms with Gasteiger partial charge in [0, 0.05) is 36.9 Å². The van der Waals surface area contributed by atoms with E-state index >= 15 is 0 Å². The summed E-state index contributed by atoms with van der Waals surface area (Å²) in [4.78, 5) is 15.0. The lowest BCUT2D eigenvalue weighted by Crippen LogP contribution is -2.35. The van der Waals surface area contributed by atoms with Gasteiger partial charge in [-0.15, -0.1) is 6.58 Å². The van der Waals surface area contributed by atoms with Crippen molar-refractivity contribution in [2.75, 3.05) is 20.2 Å². The van der Waals surface area contributed by atoms with Crippen LogP contribution in [0.25, 0.3) is 0 Å². The van der Waals surface area contributed by atoms with Gasteiger partial charge in [-0.3, -0.25) is 9.48 Å². The number of likely N-dealkylation sites (tertiary alicyclic amines) is 1. The van der Waals surface area contributed by atoms with E-state index in [1.807, 2.05) is 27.8 Å². The third-order valence-electron chi connectivity index (χ3n) is 5.97. The molecule has 1 saturated heterocycles. The van der Waals surface area contributed by atoms with Crippen LogP contribution in [0.2, 0.25) is 0 Å². The van der Waals surface area contributed by atoms with Crippen LogP contribution in [0.15, 0.2) is 36.9 Å². The minimum atomic E-state index is 0.0926. The fraction of sp³-hybridized carbons (Fsp3) is 0.478. The number of nitrogens with one attached hydrogen (secondary N) is 1. The summed E-state index contributed by atoms with van der Waals surface area (Å²) >= 11 is 0. The smallest absolute Gasteiger partial charge is 0.274 e. The summed E-state index contributed by atoms with van der Waals surface area (Å²) in [6, 6.07) is 8.47. The molecule has 2 heterocycles. The number of benzene rings is 1. The van der Waals surface area contributed by atoms with Crippen molar-refractivity contribution in [1.82, 2.24) is 20.0 Å². The summed E-state index contributed by atoms with van der Waals surface area (Å²) in [5.41, 5.74) is 4.17. The monoisotopic (exact) mass is 394 g/mol. The minimum absolute atomic E-state index is 0.0926. The highest BCUT2D eigenvalue weighted by atomic mass is 16.5. The number of carbonyl (C=O) groups is 1. The van der Waals surface area contributed by atoms with Crippen molar-refractivity contribution in [3.63, 3.8) is 0 Å². The van der Waals surface area contributed by atoms with Gasteiger partial charge in [-0.05, 0) is 49.8 Å². The molecule has 1 aliphatic heterocycles. The van der Waals surface area contributed by atoms with Crippen molar-refractivity contribution in [1.29, 1.82) is 0 Å². The highest BCUT2D eigenvalue weighted by molar-refractivity contribution is 5.94. The quantitative estimate of drug-likeness (QED) is 0.734. The van der Waals surface area contributed by atoms with Gasteiger partial charge in [-0.1, -0.05) is 18.2 Å². The number of carbonyl (C=O) groups excluding carboxylic acids is 1. The predicted molar refractivity (Wildman–Crippen MR) is 113 cm³/mol. The number of nitrogens with zero attached hydrogens (tertiary/aromatic N) is 3. The third-order valence-corrected chi connectivity index (χ3v) is 5.97. The van der Waals surface area contributed by atoms with E-state index in [4.69, 9.17) is 9.84 Å². The number of aromatic nitrogens is 2. The summed E-state index contributed by atoms with van der Waals surface area (Å²) in [5.74, 6) is 0.967. The van der Waals surface area contributed by atoms with Gasteiger partial charge in [0.05, 0.1) is 13.7 Å². The van der Waals surface area contributed by atoms with Crippen LogP contribution in [0.4, 0.5) is 0 Å². The van der Waals surface area contributed by atoms with Crippen molar-refractivity contribution >= 4 is 5.91 Å². The van der Waals surface area contributed by atoms with Crippen molar-refractivity contribution in [2.45, 2.75) is 51.2 Å². The normalized spacial score (nSPS) is 18.5. The number of hydrogen-bond acceptors (Lipinski definition) is 4. The van der Waals surface area contributed by atoms with E-state index in [2.05, 4.69) is 24.0 Å². The molecule has 1 N–H and O–H groups in total. The largest absolute Gasteiger partial charge is 0.497 e. The summed E-state index contributed by atoms with van der Waals surface area (Å²) in [6.45, 7) is 6.98. The SMILES string of the molecule is C=CCn1nc(C(=O)N2CCCC2)c2c1CCC(NCc1cccc(OC)c1)C2. The van der Waals surface area contributed by atoms with E-state index in [-0.39, 0.29) is 5.91 Å². The fourth-order valence-electron chi connectivity index (χ4n) is 4.42. The first-order valence-corrected chi connectivity index (χ1v) is 10.5. The summed E-state index contributed by atoms with van der Waals surface area (Å²) in [7, 11) is 1.69. The predicted octanol–water partition coefficient (Wildman–Crippen LogP) is 2.96. The van der Waals surface area contributed by atoms with Gasteiger partial charge in [0.25, 0.3) is 5.91 Å². The number of fused-ring (bicyclic) bond motifs is 1. The molecule has 4 rings (SSSR count). The molecule has 1 fully saturated rings. The molecule has 1 aromatic carbocycles. The zero-order valence-corrected chi connectivity index (χ0v) is 17.2. The van der Waals surface area contributed by atoms with Crippen LogP contribution in [0.3, 0.4) is 0 Å². The first-order valence-electron chi connectivity index (χ1n) is 10.5. The molecule has 2 aromatic rings.